The maximum Gasteiger partial charge on any atom is 0.122 e. The number of furan rings is 1. The molecule has 0 aromatic carbocycles. The molecule has 2 heterocycles. The fourth-order valence-electron chi connectivity index (χ4n) is 2.31. The Hall–Kier alpha value is -0.800. The molecule has 1 aromatic heterocycles. The van der Waals surface area contributed by atoms with Gasteiger partial charge in [-0.25, -0.2) is 0 Å². The van der Waals surface area contributed by atoms with Crippen LogP contribution < -0.4 is 5.32 Å². The molecule has 0 saturated carbocycles. The van der Waals surface area contributed by atoms with Crippen LogP contribution in [0.2, 0.25) is 0 Å². The Bertz CT molecular complexity index is 321. The molecule has 3 heteroatoms. The third-order valence-electron chi connectivity index (χ3n) is 3.28. The summed E-state index contributed by atoms with van der Waals surface area (Å²) in [6, 6.07) is 2.11. The molecule has 1 N–H and O–H groups in total. The van der Waals surface area contributed by atoms with Crippen molar-refractivity contribution in [1.82, 2.24) is 10.2 Å². The van der Waals surface area contributed by atoms with Gasteiger partial charge in [0.2, 0.25) is 0 Å². The molecule has 0 radical (unpaired) electrons. The van der Waals surface area contributed by atoms with Gasteiger partial charge in [0.1, 0.15) is 5.76 Å². The van der Waals surface area contributed by atoms with E-state index >= 15 is 0 Å². The minimum Gasteiger partial charge on any atom is -0.468 e. The number of rotatable bonds is 5. The second kappa shape index (κ2) is 5.51. The lowest BCUT2D eigenvalue weighted by atomic mass is 10.2. The van der Waals surface area contributed by atoms with Gasteiger partial charge in [-0.2, -0.15) is 0 Å². The highest BCUT2D eigenvalue weighted by Gasteiger charge is 2.20. The van der Waals surface area contributed by atoms with Crippen LogP contribution in [0.15, 0.2) is 16.7 Å². The maximum absolute atomic E-state index is 5.51. The van der Waals surface area contributed by atoms with Gasteiger partial charge >= 0.3 is 0 Å². The Balaban J connectivity index is 1.90. The Morgan fingerprint density at radius 3 is 3.12 bits per heavy atom. The first-order valence-electron chi connectivity index (χ1n) is 6.28. The maximum atomic E-state index is 5.51. The molecule has 0 bridgehead atoms. The average molecular weight is 222 g/mol. The zero-order valence-corrected chi connectivity index (χ0v) is 10.3. The standard InChI is InChI=1S/C13H22N2O/c1-3-14-8-13-12(5-7-16-13)10-15-6-4-11(2)9-15/h5,7,11,14H,3-4,6,8-10H2,1-2H3. The SMILES string of the molecule is CCNCc1occc1CN1CCC(C)C1. The van der Waals surface area contributed by atoms with Gasteiger partial charge < -0.3 is 9.73 Å². The van der Waals surface area contributed by atoms with Gasteiger partial charge in [-0.1, -0.05) is 13.8 Å². The fourth-order valence-corrected chi connectivity index (χ4v) is 2.31. The number of hydrogen-bond acceptors (Lipinski definition) is 3. The van der Waals surface area contributed by atoms with E-state index in [1.807, 2.05) is 6.26 Å². The minimum absolute atomic E-state index is 0.849. The van der Waals surface area contributed by atoms with Crippen LogP contribution >= 0.6 is 0 Å². The summed E-state index contributed by atoms with van der Waals surface area (Å²) in [6.07, 6.45) is 3.14. The highest BCUT2D eigenvalue weighted by atomic mass is 16.3. The van der Waals surface area contributed by atoms with Crippen molar-refractivity contribution in [3.63, 3.8) is 0 Å². The topological polar surface area (TPSA) is 28.4 Å². The molecule has 1 aromatic rings. The number of hydrogen-bond donors (Lipinski definition) is 1. The summed E-state index contributed by atoms with van der Waals surface area (Å²) in [4.78, 5) is 2.52. The van der Waals surface area contributed by atoms with Crippen LogP contribution in [-0.4, -0.2) is 24.5 Å². The molecule has 0 amide bonds. The minimum atomic E-state index is 0.849. The van der Waals surface area contributed by atoms with Crippen molar-refractivity contribution in [2.45, 2.75) is 33.4 Å². The molecule has 1 unspecified atom stereocenters. The van der Waals surface area contributed by atoms with Crippen molar-refractivity contribution in [1.29, 1.82) is 0 Å². The molecule has 0 spiro atoms. The van der Waals surface area contributed by atoms with Crippen LogP contribution in [0.25, 0.3) is 0 Å². The van der Waals surface area contributed by atoms with Gasteiger partial charge in [0.15, 0.2) is 0 Å². The first-order chi connectivity index (χ1) is 7.79. The van der Waals surface area contributed by atoms with Crippen molar-refractivity contribution in [3.05, 3.63) is 23.7 Å². The van der Waals surface area contributed by atoms with E-state index in [9.17, 15) is 0 Å². The molecule has 0 aliphatic carbocycles. The Morgan fingerprint density at radius 1 is 1.56 bits per heavy atom. The monoisotopic (exact) mass is 222 g/mol. The first-order valence-corrected chi connectivity index (χ1v) is 6.28. The molecule has 1 atom stereocenters. The molecule has 1 aliphatic rings. The zero-order valence-electron chi connectivity index (χ0n) is 10.3. The van der Waals surface area contributed by atoms with Crippen molar-refractivity contribution < 1.29 is 4.42 Å². The third kappa shape index (κ3) is 2.86. The lowest BCUT2D eigenvalue weighted by molar-refractivity contribution is 0.316. The summed E-state index contributed by atoms with van der Waals surface area (Å²) in [5.41, 5.74) is 1.34. The molecule has 1 fully saturated rings. The van der Waals surface area contributed by atoms with E-state index in [-0.39, 0.29) is 0 Å². The largest absolute Gasteiger partial charge is 0.468 e. The van der Waals surface area contributed by atoms with Gasteiger partial charge in [0.25, 0.3) is 0 Å². The second-order valence-electron chi connectivity index (χ2n) is 4.78. The number of nitrogens with one attached hydrogen (secondary N) is 1. The Morgan fingerprint density at radius 2 is 2.44 bits per heavy atom. The average Bonchev–Trinajstić information content (AvgIpc) is 2.86. The Kier molecular flexibility index (Phi) is 4.02. The molecule has 16 heavy (non-hydrogen) atoms. The van der Waals surface area contributed by atoms with Crippen LogP contribution in [0.5, 0.6) is 0 Å². The molecule has 1 saturated heterocycles. The smallest absolute Gasteiger partial charge is 0.122 e. The van der Waals surface area contributed by atoms with E-state index in [1.54, 1.807) is 0 Å². The van der Waals surface area contributed by atoms with Crippen LogP contribution in [0, 0.1) is 5.92 Å². The lowest BCUT2D eigenvalue weighted by Gasteiger charge is -2.15. The van der Waals surface area contributed by atoms with Crippen LogP contribution in [-0.2, 0) is 13.1 Å². The highest BCUT2D eigenvalue weighted by molar-refractivity contribution is 5.17. The van der Waals surface area contributed by atoms with Crippen LogP contribution in [0.1, 0.15) is 31.6 Å². The summed E-state index contributed by atoms with van der Waals surface area (Å²) in [5.74, 6) is 1.95. The van der Waals surface area contributed by atoms with E-state index in [1.165, 1.54) is 25.1 Å². The molecule has 2 rings (SSSR count). The predicted molar refractivity (Wildman–Crippen MR) is 65.1 cm³/mol. The fraction of sp³-hybridized carbons (Fsp3) is 0.692. The summed E-state index contributed by atoms with van der Waals surface area (Å²) < 4.78 is 5.51. The van der Waals surface area contributed by atoms with Crippen LogP contribution in [0.4, 0.5) is 0 Å². The second-order valence-corrected chi connectivity index (χ2v) is 4.78. The number of nitrogens with zero attached hydrogens (tertiary/aromatic N) is 1. The summed E-state index contributed by atoms with van der Waals surface area (Å²) in [7, 11) is 0. The molecule has 3 nitrogen and oxygen atoms in total. The van der Waals surface area contributed by atoms with E-state index in [0.717, 1.165) is 31.3 Å². The molecule has 1 aliphatic heterocycles. The summed E-state index contributed by atoms with van der Waals surface area (Å²) in [6.45, 7) is 9.78. The van der Waals surface area contributed by atoms with Crippen molar-refractivity contribution in [2.24, 2.45) is 5.92 Å². The van der Waals surface area contributed by atoms with Crippen LogP contribution in [0.3, 0.4) is 0 Å². The van der Waals surface area contributed by atoms with Gasteiger partial charge in [-0.3, -0.25) is 4.90 Å². The van der Waals surface area contributed by atoms with Crippen molar-refractivity contribution in [2.75, 3.05) is 19.6 Å². The van der Waals surface area contributed by atoms with Gasteiger partial charge in [-0.15, -0.1) is 0 Å². The van der Waals surface area contributed by atoms with E-state index in [4.69, 9.17) is 4.42 Å². The highest BCUT2D eigenvalue weighted by Crippen LogP contribution is 2.20. The first kappa shape index (κ1) is 11.7. The predicted octanol–water partition coefficient (Wildman–Crippen LogP) is 2.23. The van der Waals surface area contributed by atoms with E-state index < -0.39 is 0 Å². The summed E-state index contributed by atoms with van der Waals surface area (Å²) in [5, 5.41) is 3.31. The number of likely N-dealkylation sites (tertiary alicyclic amines) is 1. The third-order valence-corrected chi connectivity index (χ3v) is 3.28. The lowest BCUT2D eigenvalue weighted by Crippen LogP contribution is -2.21. The Labute approximate surface area is 97.8 Å². The summed E-state index contributed by atoms with van der Waals surface area (Å²) >= 11 is 0. The van der Waals surface area contributed by atoms with Crippen molar-refractivity contribution >= 4 is 0 Å². The molecular weight excluding hydrogens is 200 g/mol. The van der Waals surface area contributed by atoms with Gasteiger partial charge in [0, 0.05) is 18.7 Å². The van der Waals surface area contributed by atoms with E-state index in [0.29, 0.717) is 0 Å². The van der Waals surface area contributed by atoms with Crippen molar-refractivity contribution in [3.8, 4) is 0 Å². The van der Waals surface area contributed by atoms with E-state index in [2.05, 4.69) is 30.1 Å². The molecule has 90 valence electrons. The quantitative estimate of drug-likeness (QED) is 0.828. The van der Waals surface area contributed by atoms with Gasteiger partial charge in [0.05, 0.1) is 12.8 Å². The normalized spacial score (nSPS) is 21.8. The zero-order chi connectivity index (χ0) is 11.4. The molecular formula is C13H22N2O. The van der Waals surface area contributed by atoms with Gasteiger partial charge in [-0.05, 0) is 31.5 Å².